The largest absolute Gasteiger partial charge is 0.339 e. The predicted octanol–water partition coefficient (Wildman–Crippen LogP) is 0.244. The molecule has 0 saturated carbocycles. The van der Waals surface area contributed by atoms with Gasteiger partial charge in [-0.3, -0.25) is 9.69 Å². The Kier molecular flexibility index (Phi) is 5.19. The summed E-state index contributed by atoms with van der Waals surface area (Å²) in [5.74, 6) is 0.112. The number of nitrogens with zero attached hydrogens (tertiary/aromatic N) is 3. The lowest BCUT2D eigenvalue weighted by Gasteiger charge is -2.32. The van der Waals surface area contributed by atoms with Crippen molar-refractivity contribution < 1.29 is 13.2 Å². The minimum Gasteiger partial charge on any atom is -0.339 e. The first-order valence-electron chi connectivity index (χ1n) is 8.32. The average molecular weight is 352 g/mol. The summed E-state index contributed by atoms with van der Waals surface area (Å²) in [6, 6.07) is 7.73. The van der Waals surface area contributed by atoms with Gasteiger partial charge in [0.05, 0.1) is 0 Å². The summed E-state index contributed by atoms with van der Waals surface area (Å²) in [6.45, 7) is 4.62. The molecule has 3 rings (SSSR count). The van der Waals surface area contributed by atoms with E-state index in [9.17, 15) is 13.2 Å². The molecule has 0 spiro atoms. The number of amides is 1. The highest BCUT2D eigenvalue weighted by atomic mass is 32.2. The molecule has 1 aromatic carbocycles. The molecule has 0 aromatic heterocycles. The topological polar surface area (TPSA) is 87.0 Å². The molecule has 2 saturated heterocycles. The monoisotopic (exact) mass is 352 g/mol. The first-order chi connectivity index (χ1) is 11.4. The first-order valence-corrected chi connectivity index (χ1v) is 9.82. The molecule has 2 aliphatic rings. The van der Waals surface area contributed by atoms with Crippen LogP contribution in [-0.2, 0) is 16.8 Å². The molecular weight excluding hydrogens is 328 g/mol. The maximum absolute atomic E-state index is 12.3. The molecular formula is C16H24N4O3S. The molecule has 2 aliphatic heterocycles. The van der Waals surface area contributed by atoms with Crippen molar-refractivity contribution >= 4 is 16.1 Å². The number of nitrogens with two attached hydrogens (primary N) is 1. The van der Waals surface area contributed by atoms with Gasteiger partial charge in [0.1, 0.15) is 0 Å². The average Bonchev–Trinajstić information content (AvgIpc) is 3.09. The molecule has 2 N–H and O–H groups in total. The molecule has 0 radical (unpaired) electrons. The van der Waals surface area contributed by atoms with Crippen molar-refractivity contribution in [3.8, 4) is 0 Å². The van der Waals surface area contributed by atoms with Crippen LogP contribution in [-0.4, -0.2) is 67.7 Å². The summed E-state index contributed by atoms with van der Waals surface area (Å²) in [5, 5.41) is 5.15. The maximum atomic E-state index is 12.3. The second-order valence-corrected chi connectivity index (χ2v) is 7.96. The number of likely N-dealkylation sites (tertiary alicyclic amines) is 1. The fourth-order valence-electron chi connectivity index (χ4n) is 3.26. The summed E-state index contributed by atoms with van der Waals surface area (Å²) in [5.41, 5.74) is 1.86. The molecule has 0 aliphatic carbocycles. The van der Waals surface area contributed by atoms with E-state index < -0.39 is 10.2 Å². The lowest BCUT2D eigenvalue weighted by Crippen LogP contribution is -2.50. The van der Waals surface area contributed by atoms with E-state index in [2.05, 4.69) is 4.90 Å². The molecule has 2 heterocycles. The molecule has 1 aromatic rings. The van der Waals surface area contributed by atoms with Gasteiger partial charge in [0.25, 0.3) is 16.1 Å². The SMILES string of the molecule is NS(=O)(=O)N1CCN(Cc2ccc(C(=O)N3CCCC3)cc2)CC1. The summed E-state index contributed by atoms with van der Waals surface area (Å²) < 4.78 is 23.9. The summed E-state index contributed by atoms with van der Waals surface area (Å²) >= 11 is 0. The van der Waals surface area contributed by atoms with E-state index in [-0.39, 0.29) is 5.91 Å². The van der Waals surface area contributed by atoms with Gasteiger partial charge in [-0.05, 0) is 30.5 Å². The number of carbonyl (C=O) groups excluding carboxylic acids is 1. The smallest absolute Gasteiger partial charge is 0.276 e. The number of hydrogen-bond acceptors (Lipinski definition) is 4. The Morgan fingerprint density at radius 1 is 0.958 bits per heavy atom. The van der Waals surface area contributed by atoms with Crippen molar-refractivity contribution in [3.05, 3.63) is 35.4 Å². The van der Waals surface area contributed by atoms with Crippen molar-refractivity contribution in [1.29, 1.82) is 0 Å². The van der Waals surface area contributed by atoms with Crippen LogP contribution in [0.5, 0.6) is 0 Å². The third-order valence-corrected chi connectivity index (χ3v) is 5.78. The van der Waals surface area contributed by atoms with Crippen LogP contribution >= 0.6 is 0 Å². The van der Waals surface area contributed by atoms with Crippen LogP contribution in [0.4, 0.5) is 0 Å². The third-order valence-electron chi connectivity index (χ3n) is 4.69. The zero-order valence-electron chi connectivity index (χ0n) is 13.7. The van der Waals surface area contributed by atoms with Crippen LogP contribution in [0.3, 0.4) is 0 Å². The van der Waals surface area contributed by atoms with Crippen molar-refractivity contribution in [2.45, 2.75) is 19.4 Å². The highest BCUT2D eigenvalue weighted by Gasteiger charge is 2.24. The number of carbonyl (C=O) groups is 1. The molecule has 132 valence electrons. The Hall–Kier alpha value is -1.48. The highest BCUT2D eigenvalue weighted by Crippen LogP contribution is 2.15. The van der Waals surface area contributed by atoms with Gasteiger partial charge in [-0.25, -0.2) is 5.14 Å². The van der Waals surface area contributed by atoms with Crippen molar-refractivity contribution in [2.75, 3.05) is 39.3 Å². The van der Waals surface area contributed by atoms with E-state index >= 15 is 0 Å². The van der Waals surface area contributed by atoms with E-state index in [1.54, 1.807) is 0 Å². The molecule has 1 amide bonds. The van der Waals surface area contributed by atoms with E-state index in [0.29, 0.717) is 26.2 Å². The number of rotatable bonds is 4. The van der Waals surface area contributed by atoms with Gasteiger partial charge in [0.15, 0.2) is 0 Å². The Morgan fingerprint density at radius 2 is 1.54 bits per heavy atom. The van der Waals surface area contributed by atoms with E-state index in [4.69, 9.17) is 5.14 Å². The van der Waals surface area contributed by atoms with Crippen LogP contribution in [0.2, 0.25) is 0 Å². The van der Waals surface area contributed by atoms with Gasteiger partial charge in [-0.1, -0.05) is 12.1 Å². The van der Waals surface area contributed by atoms with Gasteiger partial charge in [0.2, 0.25) is 0 Å². The quantitative estimate of drug-likeness (QED) is 0.841. The van der Waals surface area contributed by atoms with Crippen molar-refractivity contribution in [1.82, 2.24) is 14.1 Å². The van der Waals surface area contributed by atoms with E-state index in [1.165, 1.54) is 4.31 Å². The van der Waals surface area contributed by atoms with Gasteiger partial charge >= 0.3 is 0 Å². The summed E-state index contributed by atoms with van der Waals surface area (Å²) in [7, 11) is -3.58. The van der Waals surface area contributed by atoms with Gasteiger partial charge in [-0.2, -0.15) is 12.7 Å². The first kappa shape index (κ1) is 17.3. The van der Waals surface area contributed by atoms with Crippen LogP contribution in [0.1, 0.15) is 28.8 Å². The second kappa shape index (κ2) is 7.18. The summed E-state index contributed by atoms with van der Waals surface area (Å²) in [4.78, 5) is 16.4. The number of piperazine rings is 1. The second-order valence-electron chi connectivity index (χ2n) is 6.42. The van der Waals surface area contributed by atoms with Gasteiger partial charge in [-0.15, -0.1) is 0 Å². The Morgan fingerprint density at radius 3 is 2.08 bits per heavy atom. The van der Waals surface area contributed by atoms with Crippen LogP contribution < -0.4 is 5.14 Å². The molecule has 0 bridgehead atoms. The Bertz CT molecular complexity index is 676. The number of benzene rings is 1. The van der Waals surface area contributed by atoms with E-state index in [1.807, 2.05) is 29.2 Å². The molecule has 8 heteroatoms. The fraction of sp³-hybridized carbons (Fsp3) is 0.562. The van der Waals surface area contributed by atoms with Crippen LogP contribution in [0, 0.1) is 0 Å². The zero-order valence-corrected chi connectivity index (χ0v) is 14.5. The fourth-order valence-corrected chi connectivity index (χ4v) is 3.93. The molecule has 0 unspecified atom stereocenters. The minimum absolute atomic E-state index is 0.112. The van der Waals surface area contributed by atoms with Crippen LogP contribution in [0.15, 0.2) is 24.3 Å². The highest BCUT2D eigenvalue weighted by molar-refractivity contribution is 7.86. The van der Waals surface area contributed by atoms with Crippen molar-refractivity contribution in [3.63, 3.8) is 0 Å². The predicted molar refractivity (Wildman–Crippen MR) is 91.5 cm³/mol. The third kappa shape index (κ3) is 4.13. The minimum atomic E-state index is -3.58. The lowest BCUT2D eigenvalue weighted by atomic mass is 10.1. The Balaban J connectivity index is 1.54. The van der Waals surface area contributed by atoms with Gasteiger partial charge in [0, 0.05) is 51.4 Å². The van der Waals surface area contributed by atoms with Crippen molar-refractivity contribution in [2.24, 2.45) is 5.14 Å². The number of hydrogen-bond donors (Lipinski definition) is 1. The zero-order chi connectivity index (χ0) is 17.2. The molecule has 24 heavy (non-hydrogen) atoms. The summed E-state index contributed by atoms with van der Waals surface area (Å²) in [6.07, 6.45) is 2.18. The lowest BCUT2D eigenvalue weighted by molar-refractivity contribution is 0.0793. The normalized spacial score (nSPS) is 20.5. The van der Waals surface area contributed by atoms with Gasteiger partial charge < -0.3 is 4.90 Å². The molecule has 2 fully saturated rings. The maximum Gasteiger partial charge on any atom is 0.276 e. The van der Waals surface area contributed by atoms with Crippen LogP contribution in [0.25, 0.3) is 0 Å². The molecule has 0 atom stereocenters. The standard InChI is InChI=1S/C16H24N4O3S/c17-24(22,23)20-11-9-18(10-12-20)13-14-3-5-15(6-4-14)16(21)19-7-1-2-8-19/h3-6H,1-2,7-13H2,(H2,17,22,23). The molecule has 7 nitrogen and oxygen atoms in total. The Labute approximate surface area is 143 Å². The van der Waals surface area contributed by atoms with E-state index in [0.717, 1.165) is 43.6 Å².